The summed E-state index contributed by atoms with van der Waals surface area (Å²) in [6.07, 6.45) is 0. The lowest BCUT2D eigenvalue weighted by atomic mass is 10.2. The lowest BCUT2D eigenvalue weighted by molar-refractivity contribution is 0.0528. The average Bonchev–Trinajstić information content (AvgIpc) is 3.15. The van der Waals surface area contributed by atoms with E-state index < -0.39 is 16.0 Å². The maximum Gasteiger partial charge on any atom is 0.349 e. The Labute approximate surface area is 184 Å². The van der Waals surface area contributed by atoms with Gasteiger partial charge in [-0.3, -0.25) is 0 Å². The number of carbonyl (C=O) groups excluding carboxylic acids is 1. The first-order valence-electron chi connectivity index (χ1n) is 9.61. The molecule has 6 nitrogen and oxygen atoms in total. The van der Waals surface area contributed by atoms with Crippen molar-refractivity contribution in [1.82, 2.24) is 4.31 Å². The zero-order valence-corrected chi connectivity index (χ0v) is 18.8. The highest BCUT2D eigenvalue weighted by Crippen LogP contribution is 2.37. The van der Waals surface area contributed by atoms with Crippen molar-refractivity contribution in [2.24, 2.45) is 0 Å². The summed E-state index contributed by atoms with van der Waals surface area (Å²) in [5, 5.41) is 1.22. The van der Waals surface area contributed by atoms with Crippen LogP contribution in [0.25, 0.3) is 10.1 Å². The molecule has 1 saturated heterocycles. The van der Waals surface area contributed by atoms with Crippen molar-refractivity contribution in [3.05, 3.63) is 58.4 Å². The van der Waals surface area contributed by atoms with Crippen molar-refractivity contribution >= 4 is 54.7 Å². The third-order valence-electron chi connectivity index (χ3n) is 5.04. The zero-order valence-electron chi connectivity index (χ0n) is 16.4. The van der Waals surface area contributed by atoms with Gasteiger partial charge in [-0.1, -0.05) is 29.8 Å². The Kier molecular flexibility index (Phi) is 6.02. The Balaban J connectivity index is 1.64. The summed E-state index contributed by atoms with van der Waals surface area (Å²) in [6, 6.07) is 14.7. The Morgan fingerprint density at radius 1 is 1.07 bits per heavy atom. The standard InChI is InChI=1S/C21H21ClN2O4S2/c1-2-28-21(25)19-20(17-5-3-4-6-18(17)29-19)30(26,27)24-13-11-23(12-14-24)16-9-7-15(22)8-10-16/h3-10H,2,11-14H2,1H3. The number of benzene rings is 2. The van der Waals surface area contributed by atoms with Crippen molar-refractivity contribution in [3.8, 4) is 0 Å². The number of thiophene rings is 1. The highest BCUT2D eigenvalue weighted by molar-refractivity contribution is 7.89. The molecule has 1 aliphatic heterocycles. The Morgan fingerprint density at radius 2 is 1.73 bits per heavy atom. The molecule has 9 heteroatoms. The van der Waals surface area contributed by atoms with Gasteiger partial charge in [-0.15, -0.1) is 11.3 Å². The maximum absolute atomic E-state index is 13.6. The van der Waals surface area contributed by atoms with Gasteiger partial charge in [-0.05, 0) is 37.3 Å². The predicted octanol–water partition coefficient (Wildman–Crippen LogP) is 4.24. The number of carbonyl (C=O) groups is 1. The normalized spacial score (nSPS) is 15.5. The van der Waals surface area contributed by atoms with E-state index in [1.165, 1.54) is 4.31 Å². The molecule has 0 spiro atoms. The van der Waals surface area contributed by atoms with Crippen LogP contribution in [0.15, 0.2) is 53.4 Å². The Bertz CT molecular complexity index is 1170. The van der Waals surface area contributed by atoms with Crippen molar-refractivity contribution < 1.29 is 17.9 Å². The fourth-order valence-electron chi connectivity index (χ4n) is 3.58. The number of halogens is 1. The summed E-state index contributed by atoms with van der Waals surface area (Å²) in [6.45, 7) is 3.66. The van der Waals surface area contributed by atoms with E-state index in [1.807, 2.05) is 36.4 Å². The second-order valence-electron chi connectivity index (χ2n) is 6.84. The van der Waals surface area contributed by atoms with Crippen molar-refractivity contribution in [3.63, 3.8) is 0 Å². The minimum Gasteiger partial charge on any atom is -0.462 e. The van der Waals surface area contributed by atoms with Crippen LogP contribution in [0.2, 0.25) is 5.02 Å². The van der Waals surface area contributed by atoms with E-state index in [1.54, 1.807) is 19.1 Å². The molecule has 0 saturated carbocycles. The number of esters is 1. The summed E-state index contributed by atoms with van der Waals surface area (Å²) in [5.74, 6) is -0.600. The van der Waals surface area contributed by atoms with Gasteiger partial charge in [0, 0.05) is 47.0 Å². The van der Waals surface area contributed by atoms with Crippen LogP contribution in [-0.2, 0) is 14.8 Å². The monoisotopic (exact) mass is 464 g/mol. The van der Waals surface area contributed by atoms with Crippen molar-refractivity contribution in [1.29, 1.82) is 0 Å². The number of nitrogens with zero attached hydrogens (tertiary/aromatic N) is 2. The smallest absolute Gasteiger partial charge is 0.349 e. The molecule has 4 rings (SSSR count). The number of hydrogen-bond donors (Lipinski definition) is 0. The fraction of sp³-hybridized carbons (Fsp3) is 0.286. The van der Waals surface area contributed by atoms with E-state index in [2.05, 4.69) is 4.90 Å². The topological polar surface area (TPSA) is 66.9 Å². The molecule has 0 amide bonds. The lowest BCUT2D eigenvalue weighted by Gasteiger charge is -2.35. The summed E-state index contributed by atoms with van der Waals surface area (Å²) >= 11 is 7.12. The molecule has 0 bridgehead atoms. The first kappa shape index (κ1) is 21.1. The minimum absolute atomic E-state index is 0.0569. The second-order valence-corrected chi connectivity index (χ2v) is 10.2. The molecule has 0 unspecified atom stereocenters. The molecule has 0 aliphatic carbocycles. The summed E-state index contributed by atoms with van der Waals surface area (Å²) < 4.78 is 34.5. The van der Waals surface area contributed by atoms with Gasteiger partial charge in [0.1, 0.15) is 9.77 Å². The molecule has 1 fully saturated rings. The number of piperazine rings is 1. The molecular weight excluding hydrogens is 444 g/mol. The van der Waals surface area contributed by atoms with Gasteiger partial charge in [0.2, 0.25) is 10.0 Å². The quantitative estimate of drug-likeness (QED) is 0.528. The molecule has 1 aromatic heterocycles. The zero-order chi connectivity index (χ0) is 21.3. The molecule has 2 heterocycles. The number of rotatable bonds is 5. The van der Waals surface area contributed by atoms with Crippen LogP contribution in [0.3, 0.4) is 0 Å². The number of anilines is 1. The van der Waals surface area contributed by atoms with Gasteiger partial charge < -0.3 is 9.64 Å². The maximum atomic E-state index is 13.6. The molecule has 2 aromatic carbocycles. The lowest BCUT2D eigenvalue weighted by Crippen LogP contribution is -2.48. The Hall–Kier alpha value is -2.13. The number of sulfonamides is 1. The molecule has 0 radical (unpaired) electrons. The van der Waals surface area contributed by atoms with Crippen LogP contribution in [0, 0.1) is 0 Å². The van der Waals surface area contributed by atoms with Crippen molar-refractivity contribution in [2.75, 3.05) is 37.7 Å². The van der Waals surface area contributed by atoms with Gasteiger partial charge in [0.15, 0.2) is 0 Å². The van der Waals surface area contributed by atoms with E-state index in [-0.39, 0.29) is 16.4 Å². The minimum atomic E-state index is -3.86. The van der Waals surface area contributed by atoms with Gasteiger partial charge in [-0.2, -0.15) is 4.31 Å². The fourth-order valence-corrected chi connectivity index (χ4v) is 6.88. The summed E-state index contributed by atoms with van der Waals surface area (Å²) in [5.41, 5.74) is 1.00. The van der Waals surface area contributed by atoms with E-state index >= 15 is 0 Å². The van der Waals surface area contributed by atoms with E-state index in [9.17, 15) is 13.2 Å². The first-order valence-corrected chi connectivity index (χ1v) is 12.2. The van der Waals surface area contributed by atoms with Gasteiger partial charge in [-0.25, -0.2) is 13.2 Å². The first-order chi connectivity index (χ1) is 14.4. The van der Waals surface area contributed by atoms with E-state index in [0.717, 1.165) is 21.7 Å². The average molecular weight is 465 g/mol. The summed E-state index contributed by atoms with van der Waals surface area (Å²) in [4.78, 5) is 14.8. The molecule has 3 aromatic rings. The van der Waals surface area contributed by atoms with E-state index in [4.69, 9.17) is 16.3 Å². The number of fused-ring (bicyclic) bond motifs is 1. The highest BCUT2D eigenvalue weighted by Gasteiger charge is 2.35. The van der Waals surface area contributed by atoms with Gasteiger partial charge >= 0.3 is 5.97 Å². The number of hydrogen-bond acceptors (Lipinski definition) is 6. The van der Waals surface area contributed by atoms with Gasteiger partial charge in [0.05, 0.1) is 6.61 Å². The molecule has 1 aliphatic rings. The molecule has 0 atom stereocenters. The number of ether oxygens (including phenoxy) is 1. The summed E-state index contributed by atoms with van der Waals surface area (Å²) in [7, 11) is -3.86. The van der Waals surface area contributed by atoms with Crippen LogP contribution < -0.4 is 4.90 Å². The molecule has 30 heavy (non-hydrogen) atoms. The van der Waals surface area contributed by atoms with Gasteiger partial charge in [0.25, 0.3) is 0 Å². The SMILES string of the molecule is CCOC(=O)c1sc2ccccc2c1S(=O)(=O)N1CCN(c2ccc(Cl)cc2)CC1. The van der Waals surface area contributed by atoms with E-state index in [0.29, 0.717) is 36.6 Å². The van der Waals surface area contributed by atoms with Crippen LogP contribution in [0.4, 0.5) is 5.69 Å². The third-order valence-corrected chi connectivity index (χ3v) is 8.56. The molecular formula is C21H21ClN2O4S2. The van der Waals surface area contributed by atoms with Crippen LogP contribution in [0.1, 0.15) is 16.6 Å². The molecule has 158 valence electrons. The largest absolute Gasteiger partial charge is 0.462 e. The Morgan fingerprint density at radius 3 is 2.40 bits per heavy atom. The second kappa shape index (κ2) is 8.55. The van der Waals surface area contributed by atoms with Crippen LogP contribution in [0.5, 0.6) is 0 Å². The van der Waals surface area contributed by atoms with Crippen LogP contribution >= 0.6 is 22.9 Å². The predicted molar refractivity (Wildman–Crippen MR) is 120 cm³/mol. The van der Waals surface area contributed by atoms with Crippen molar-refractivity contribution in [2.45, 2.75) is 11.8 Å². The highest BCUT2D eigenvalue weighted by atomic mass is 35.5. The third kappa shape index (κ3) is 3.92. The van der Waals surface area contributed by atoms with Crippen LogP contribution in [-0.4, -0.2) is 51.5 Å². The molecule has 0 N–H and O–H groups in total.